The SMILES string of the molecule is CCN1CCC(Nc2cccc3c(CC(F)F)c(C#CCNc4ccc(S(N)(=O)=O)cc4OC)sc23)CC1. The second-order valence-corrected chi connectivity index (χ2v) is 11.7. The summed E-state index contributed by atoms with van der Waals surface area (Å²) in [6.45, 7) is 5.52. The van der Waals surface area contributed by atoms with Gasteiger partial charge in [0.1, 0.15) is 5.75 Å². The summed E-state index contributed by atoms with van der Waals surface area (Å²) in [6.07, 6.45) is -0.763. The summed E-state index contributed by atoms with van der Waals surface area (Å²) in [7, 11) is -2.44. The fourth-order valence-electron chi connectivity index (χ4n) is 4.61. The van der Waals surface area contributed by atoms with Crippen molar-refractivity contribution in [3.05, 3.63) is 46.8 Å². The number of primary sulfonamides is 1. The monoisotopic (exact) mass is 562 g/mol. The number of anilines is 2. The third-order valence-corrected chi connectivity index (χ3v) is 8.75. The largest absolute Gasteiger partial charge is 0.495 e. The van der Waals surface area contributed by atoms with Crippen LogP contribution in [-0.4, -0.2) is 59.1 Å². The van der Waals surface area contributed by atoms with E-state index in [0.29, 0.717) is 27.9 Å². The second-order valence-electron chi connectivity index (χ2n) is 9.10. The highest BCUT2D eigenvalue weighted by Crippen LogP contribution is 2.38. The Morgan fingerprint density at radius 2 is 1.97 bits per heavy atom. The average molecular weight is 563 g/mol. The van der Waals surface area contributed by atoms with Crippen LogP contribution in [0.5, 0.6) is 5.75 Å². The molecule has 4 N–H and O–H groups in total. The molecule has 3 aromatic rings. The number of hydrogen-bond acceptors (Lipinski definition) is 7. The van der Waals surface area contributed by atoms with E-state index >= 15 is 0 Å². The topological polar surface area (TPSA) is 96.7 Å². The standard InChI is InChI=1S/C27H32F2N4O3S2/c1-3-33-14-11-18(12-15-33)32-23-7-4-6-20-21(17-26(28)29)25(37-27(20)23)8-5-13-31-22-10-9-19(38(30,34)35)16-24(22)36-2/h4,6-7,9-10,16,18,26,31-32H,3,11-15,17H2,1-2H3,(H2,30,34,35). The number of nitrogens with zero attached hydrogens (tertiary/aromatic N) is 1. The zero-order valence-corrected chi connectivity index (χ0v) is 23.0. The van der Waals surface area contributed by atoms with Gasteiger partial charge in [0, 0.05) is 31.6 Å². The lowest BCUT2D eigenvalue weighted by Crippen LogP contribution is -2.38. The van der Waals surface area contributed by atoms with Crippen molar-refractivity contribution in [1.29, 1.82) is 0 Å². The Balaban J connectivity index is 1.55. The van der Waals surface area contributed by atoms with E-state index in [1.807, 2.05) is 18.2 Å². The molecule has 204 valence electrons. The van der Waals surface area contributed by atoms with Crippen molar-refractivity contribution in [3.8, 4) is 17.6 Å². The van der Waals surface area contributed by atoms with E-state index in [1.165, 1.54) is 30.6 Å². The number of ether oxygens (including phenoxy) is 1. The highest BCUT2D eigenvalue weighted by molar-refractivity contribution is 7.89. The normalized spacial score (nSPS) is 14.9. The van der Waals surface area contributed by atoms with Crippen LogP contribution < -0.4 is 20.5 Å². The molecule has 0 aliphatic carbocycles. The van der Waals surface area contributed by atoms with Crippen molar-refractivity contribution >= 4 is 42.8 Å². The van der Waals surface area contributed by atoms with Crippen LogP contribution in [0.3, 0.4) is 0 Å². The number of likely N-dealkylation sites (tertiary alicyclic amines) is 1. The number of sulfonamides is 1. The molecule has 2 aromatic carbocycles. The molecule has 0 spiro atoms. The maximum Gasteiger partial charge on any atom is 0.242 e. The Morgan fingerprint density at radius 3 is 2.63 bits per heavy atom. The van der Waals surface area contributed by atoms with Crippen LogP contribution in [0.1, 0.15) is 30.2 Å². The van der Waals surface area contributed by atoms with Gasteiger partial charge in [0.2, 0.25) is 16.4 Å². The molecule has 7 nitrogen and oxygen atoms in total. The number of thiophene rings is 1. The molecule has 0 unspecified atom stereocenters. The molecule has 0 bridgehead atoms. The Labute approximate surface area is 226 Å². The fourth-order valence-corrected chi connectivity index (χ4v) is 6.33. The number of piperidine rings is 1. The van der Waals surface area contributed by atoms with E-state index in [-0.39, 0.29) is 17.9 Å². The lowest BCUT2D eigenvalue weighted by Gasteiger charge is -2.32. The van der Waals surface area contributed by atoms with Gasteiger partial charge in [-0.3, -0.25) is 0 Å². The zero-order valence-electron chi connectivity index (χ0n) is 21.4. The van der Waals surface area contributed by atoms with Gasteiger partial charge in [0.05, 0.1) is 39.5 Å². The van der Waals surface area contributed by atoms with E-state index in [1.54, 1.807) is 6.07 Å². The maximum absolute atomic E-state index is 13.5. The molecule has 0 amide bonds. The molecule has 1 aromatic heterocycles. The minimum atomic E-state index is -3.86. The summed E-state index contributed by atoms with van der Waals surface area (Å²) >= 11 is 1.43. The van der Waals surface area contributed by atoms with E-state index in [2.05, 4.69) is 34.3 Å². The molecular formula is C27H32F2N4O3S2. The van der Waals surface area contributed by atoms with Crippen LogP contribution >= 0.6 is 11.3 Å². The third-order valence-electron chi connectivity index (χ3n) is 6.64. The van der Waals surface area contributed by atoms with Gasteiger partial charge in [-0.15, -0.1) is 11.3 Å². The Morgan fingerprint density at radius 1 is 1.21 bits per heavy atom. The van der Waals surface area contributed by atoms with Gasteiger partial charge in [0.15, 0.2) is 0 Å². The minimum Gasteiger partial charge on any atom is -0.495 e. The van der Waals surface area contributed by atoms with Crippen molar-refractivity contribution in [3.63, 3.8) is 0 Å². The number of alkyl halides is 2. The van der Waals surface area contributed by atoms with Crippen LogP contribution in [0.25, 0.3) is 10.1 Å². The molecule has 1 fully saturated rings. The average Bonchev–Trinajstić information content (AvgIpc) is 3.24. The van der Waals surface area contributed by atoms with Gasteiger partial charge in [0.25, 0.3) is 0 Å². The van der Waals surface area contributed by atoms with Gasteiger partial charge in [-0.2, -0.15) is 0 Å². The van der Waals surface area contributed by atoms with Gasteiger partial charge in [-0.25, -0.2) is 22.3 Å². The number of halogens is 2. The molecule has 1 saturated heterocycles. The van der Waals surface area contributed by atoms with Crippen molar-refractivity contribution in [2.75, 3.05) is 43.9 Å². The lowest BCUT2D eigenvalue weighted by atomic mass is 10.0. The smallest absolute Gasteiger partial charge is 0.242 e. The summed E-state index contributed by atoms with van der Waals surface area (Å²) in [5, 5.41) is 12.7. The molecule has 38 heavy (non-hydrogen) atoms. The van der Waals surface area contributed by atoms with Crippen LogP contribution in [0, 0.1) is 11.8 Å². The number of nitrogens with one attached hydrogen (secondary N) is 2. The summed E-state index contributed by atoms with van der Waals surface area (Å²) in [6, 6.07) is 10.4. The Kier molecular flexibility index (Phi) is 9.10. The highest BCUT2D eigenvalue weighted by atomic mass is 32.2. The highest BCUT2D eigenvalue weighted by Gasteiger charge is 2.21. The number of nitrogens with two attached hydrogens (primary N) is 1. The first-order valence-electron chi connectivity index (χ1n) is 12.4. The van der Waals surface area contributed by atoms with Gasteiger partial charge < -0.3 is 20.3 Å². The fraction of sp³-hybridized carbons (Fsp3) is 0.407. The summed E-state index contributed by atoms with van der Waals surface area (Å²) in [5.74, 6) is 6.39. The van der Waals surface area contributed by atoms with Crippen molar-refractivity contribution in [1.82, 2.24) is 4.90 Å². The van der Waals surface area contributed by atoms with Gasteiger partial charge >= 0.3 is 0 Å². The third kappa shape index (κ3) is 6.74. The molecule has 2 heterocycles. The van der Waals surface area contributed by atoms with E-state index in [9.17, 15) is 17.2 Å². The molecule has 0 atom stereocenters. The number of rotatable bonds is 9. The van der Waals surface area contributed by atoms with Gasteiger partial charge in [-0.05, 0) is 48.5 Å². The predicted molar refractivity (Wildman–Crippen MR) is 150 cm³/mol. The Bertz CT molecular complexity index is 1440. The lowest BCUT2D eigenvalue weighted by molar-refractivity contribution is 0.149. The quantitative estimate of drug-likeness (QED) is 0.327. The van der Waals surface area contributed by atoms with E-state index in [4.69, 9.17) is 9.88 Å². The summed E-state index contributed by atoms with van der Waals surface area (Å²) < 4.78 is 56.4. The number of methoxy groups -OCH3 is 1. The Hall–Kier alpha value is -2.91. The molecule has 1 aliphatic rings. The van der Waals surface area contributed by atoms with Crippen molar-refractivity contribution < 1.29 is 21.9 Å². The summed E-state index contributed by atoms with van der Waals surface area (Å²) in [4.78, 5) is 2.98. The zero-order chi connectivity index (χ0) is 27.3. The molecule has 0 saturated carbocycles. The number of benzene rings is 2. The first kappa shape index (κ1) is 28.1. The summed E-state index contributed by atoms with van der Waals surface area (Å²) in [5.41, 5.74) is 2.06. The van der Waals surface area contributed by atoms with Crippen molar-refractivity contribution in [2.45, 2.75) is 43.5 Å². The van der Waals surface area contributed by atoms with E-state index in [0.717, 1.165) is 48.2 Å². The minimum absolute atomic E-state index is 0.0618. The molecule has 11 heteroatoms. The first-order chi connectivity index (χ1) is 18.2. The molecular weight excluding hydrogens is 530 g/mol. The number of fused-ring (bicyclic) bond motifs is 1. The molecule has 1 aliphatic heterocycles. The van der Waals surface area contributed by atoms with Crippen LogP contribution in [0.4, 0.5) is 20.2 Å². The second kappa shape index (κ2) is 12.3. The van der Waals surface area contributed by atoms with E-state index < -0.39 is 16.4 Å². The number of hydrogen-bond donors (Lipinski definition) is 3. The van der Waals surface area contributed by atoms with Crippen LogP contribution in [0.2, 0.25) is 0 Å². The van der Waals surface area contributed by atoms with Crippen LogP contribution in [0.15, 0.2) is 41.3 Å². The maximum atomic E-state index is 13.5. The molecule has 0 radical (unpaired) electrons. The van der Waals surface area contributed by atoms with Crippen molar-refractivity contribution in [2.24, 2.45) is 5.14 Å². The molecule has 4 rings (SSSR count). The predicted octanol–water partition coefficient (Wildman–Crippen LogP) is 4.72. The van der Waals surface area contributed by atoms with Gasteiger partial charge in [-0.1, -0.05) is 30.9 Å². The van der Waals surface area contributed by atoms with Crippen LogP contribution in [-0.2, 0) is 16.4 Å². The first-order valence-corrected chi connectivity index (χ1v) is 14.8.